The number of furan rings is 1. The van der Waals surface area contributed by atoms with E-state index in [0.717, 1.165) is 126 Å². The molecule has 10 aliphatic rings. The third kappa shape index (κ3) is 11.7. The van der Waals surface area contributed by atoms with Crippen LogP contribution >= 0.6 is 0 Å². The molecule has 0 N–H and O–H groups in total. The molecular formula is C125H96FN3O. The van der Waals surface area contributed by atoms with Crippen LogP contribution in [0, 0.1) is 60.1 Å². The first-order chi connectivity index (χ1) is 64.1. The highest BCUT2D eigenvalue weighted by Gasteiger charge is 2.63. The van der Waals surface area contributed by atoms with Crippen LogP contribution in [0.1, 0.15) is 92.0 Å². The van der Waals surface area contributed by atoms with Crippen LogP contribution in [0.5, 0.6) is 0 Å². The van der Waals surface area contributed by atoms with E-state index in [1.807, 2.05) is 31.2 Å². The molecular weight excluding hydrogens is 1580 g/mol. The molecule has 2 heterocycles. The van der Waals surface area contributed by atoms with Gasteiger partial charge in [0.25, 0.3) is 0 Å². The third-order valence-corrected chi connectivity index (χ3v) is 32.6. The van der Waals surface area contributed by atoms with Gasteiger partial charge in [-0.15, -0.1) is 0 Å². The predicted molar refractivity (Wildman–Crippen MR) is 537 cm³/mol. The summed E-state index contributed by atoms with van der Waals surface area (Å²) in [4.78, 5) is 4.56. The Labute approximate surface area is 758 Å². The minimum Gasteiger partial charge on any atom is -0.456 e. The van der Waals surface area contributed by atoms with Crippen molar-refractivity contribution in [2.45, 2.75) is 82.0 Å². The zero-order chi connectivity index (χ0) is 85.6. The smallest absolute Gasteiger partial charge is 0.136 e. The number of para-hydroxylation sites is 3. The Balaban J connectivity index is 0.000000134. The second-order valence-electron chi connectivity index (χ2n) is 39.2. The number of benzene rings is 18. The maximum atomic E-state index is 15.3. The van der Waals surface area contributed by atoms with E-state index >= 15 is 4.39 Å². The molecule has 0 unspecified atom stereocenters. The molecule has 8 saturated carbocycles. The Morgan fingerprint density at radius 3 is 1.12 bits per heavy atom. The Bertz CT molecular complexity index is 7870. The Morgan fingerprint density at radius 1 is 0.254 bits per heavy atom. The van der Waals surface area contributed by atoms with E-state index < -0.39 is 0 Å². The summed E-state index contributed by atoms with van der Waals surface area (Å²) in [7, 11) is 0. The lowest BCUT2D eigenvalue weighted by molar-refractivity contribution is -0.0399. The van der Waals surface area contributed by atoms with Gasteiger partial charge in [-0.05, 0) is 385 Å². The molecule has 8 fully saturated rings. The van der Waals surface area contributed by atoms with Gasteiger partial charge in [0.1, 0.15) is 17.0 Å². The summed E-state index contributed by atoms with van der Waals surface area (Å²) in [6.45, 7) is 1.82. The summed E-state index contributed by atoms with van der Waals surface area (Å²) in [5.41, 5.74) is 36.7. The summed E-state index contributed by atoms with van der Waals surface area (Å²) >= 11 is 0. The van der Waals surface area contributed by atoms with Crippen molar-refractivity contribution in [3.8, 4) is 83.6 Å². The van der Waals surface area contributed by atoms with E-state index in [1.54, 1.807) is 28.3 Å². The van der Waals surface area contributed by atoms with E-state index in [1.165, 1.54) is 169 Å². The van der Waals surface area contributed by atoms with Gasteiger partial charge in [-0.1, -0.05) is 255 Å². The number of hydrogen-bond donors (Lipinski definition) is 0. The molecule has 2 aromatic heterocycles. The van der Waals surface area contributed by atoms with Crippen molar-refractivity contribution >= 4 is 99.4 Å². The second kappa shape index (κ2) is 29.6. The van der Waals surface area contributed by atoms with E-state index in [0.29, 0.717) is 5.56 Å². The number of hydrogen-bond acceptors (Lipinski definition) is 3. The van der Waals surface area contributed by atoms with Crippen LogP contribution in [0.15, 0.2) is 399 Å². The van der Waals surface area contributed by atoms with Crippen molar-refractivity contribution in [1.29, 1.82) is 0 Å². The second-order valence-corrected chi connectivity index (χ2v) is 39.2. The van der Waals surface area contributed by atoms with Crippen LogP contribution in [0.25, 0.3) is 149 Å². The summed E-state index contributed by atoms with van der Waals surface area (Å²) in [6.07, 6.45) is 14.1. The zero-order valence-electron chi connectivity index (χ0n) is 72.8. The molecule has 0 saturated heterocycles. The first-order valence-corrected chi connectivity index (χ1v) is 47.4. The van der Waals surface area contributed by atoms with Crippen LogP contribution in [-0.4, -0.2) is 4.57 Å². The highest BCUT2D eigenvalue weighted by Crippen LogP contribution is 2.72. The van der Waals surface area contributed by atoms with Crippen LogP contribution in [0.2, 0.25) is 0 Å². The lowest BCUT2D eigenvalue weighted by Crippen LogP contribution is -2.55. The molecule has 0 amide bonds. The molecule has 4 nitrogen and oxygen atoms in total. The molecule has 0 radical (unpaired) electrons. The fourth-order valence-corrected chi connectivity index (χ4v) is 27.5. The van der Waals surface area contributed by atoms with Crippen molar-refractivity contribution in [1.82, 2.24) is 4.57 Å². The van der Waals surface area contributed by atoms with Gasteiger partial charge in [-0.25, -0.2) is 4.39 Å². The summed E-state index contributed by atoms with van der Waals surface area (Å²) in [5, 5.41) is 9.72. The number of aryl methyl sites for hydroxylation is 1. The molecule has 18 aromatic carbocycles. The van der Waals surface area contributed by atoms with Gasteiger partial charge in [-0.2, -0.15) is 0 Å². The summed E-state index contributed by atoms with van der Waals surface area (Å²) in [5.74, 6) is 6.57. The molecule has 0 aliphatic heterocycles. The van der Waals surface area contributed by atoms with E-state index in [-0.39, 0.29) is 16.6 Å². The molecule has 0 atom stereocenters. The highest BCUT2D eigenvalue weighted by atomic mass is 19.1. The molecule has 624 valence electrons. The fraction of sp³-hybridized carbons (Fsp3) is 0.168. The number of fused-ring (bicyclic) bond motifs is 14. The topological polar surface area (TPSA) is 24.6 Å². The van der Waals surface area contributed by atoms with Gasteiger partial charge in [0, 0.05) is 72.2 Å². The van der Waals surface area contributed by atoms with Gasteiger partial charge < -0.3 is 18.8 Å². The Kier molecular flexibility index (Phi) is 17.2. The quantitative estimate of drug-likeness (QED) is 0.114. The van der Waals surface area contributed by atoms with E-state index in [2.05, 4.69) is 378 Å². The van der Waals surface area contributed by atoms with Gasteiger partial charge in [-0.3, -0.25) is 0 Å². The minimum absolute atomic E-state index is 0.171. The average molecular weight is 1680 g/mol. The number of rotatable bonds is 12. The van der Waals surface area contributed by atoms with Crippen molar-refractivity contribution in [3.63, 3.8) is 0 Å². The fourth-order valence-electron chi connectivity index (χ4n) is 27.5. The Morgan fingerprint density at radius 2 is 0.615 bits per heavy atom. The normalized spacial score (nSPS) is 21.4. The monoisotopic (exact) mass is 1670 g/mol. The van der Waals surface area contributed by atoms with Crippen molar-refractivity contribution < 1.29 is 8.81 Å². The van der Waals surface area contributed by atoms with Crippen LogP contribution in [0.3, 0.4) is 0 Å². The maximum Gasteiger partial charge on any atom is 0.136 e. The van der Waals surface area contributed by atoms with Crippen molar-refractivity contribution in [2.24, 2.45) is 47.3 Å². The molecule has 2 spiro atoms. The van der Waals surface area contributed by atoms with Gasteiger partial charge in [0.05, 0.1) is 11.0 Å². The van der Waals surface area contributed by atoms with Crippen LogP contribution in [0.4, 0.5) is 38.5 Å². The average Bonchev–Trinajstić information content (AvgIpc) is 1.52. The largest absolute Gasteiger partial charge is 0.456 e. The summed E-state index contributed by atoms with van der Waals surface area (Å²) in [6, 6.07) is 145. The van der Waals surface area contributed by atoms with E-state index in [4.69, 9.17) is 4.42 Å². The maximum absolute atomic E-state index is 15.3. The Hall–Kier alpha value is -14.4. The molecule has 20 aromatic rings. The zero-order valence-corrected chi connectivity index (χ0v) is 72.8. The van der Waals surface area contributed by atoms with Crippen molar-refractivity contribution in [3.05, 3.63) is 428 Å². The van der Waals surface area contributed by atoms with Crippen molar-refractivity contribution in [2.75, 3.05) is 9.80 Å². The first kappa shape index (κ1) is 75.7. The SMILES string of the molecule is Cc1ccc(N(c2ccc(-c3ccccc3-c3ccc4c(c3)-c3ccccc3C43C4CC5CC(C4)CC3C5)cc2)c2ccc(-n3c4ccccc4c4ccccc43)cc2)cc1F.c1ccc(-c2ccc3c(c2)-c2ccccc2C32C3CC4CC(C3)CC2C4)c(-c2ccc(N(c3ccc(-c4ccc5c(c4)oc4ccccc45)cc3)c3ccc4cc5ccccc5cc4c3)cc2)c1. The number of anilines is 6. The highest BCUT2D eigenvalue weighted by molar-refractivity contribution is 6.10. The first-order valence-electron chi connectivity index (χ1n) is 47.4. The van der Waals surface area contributed by atoms with Crippen LogP contribution in [-0.2, 0) is 10.8 Å². The summed E-state index contributed by atoms with van der Waals surface area (Å²) < 4.78 is 23.9. The molecule has 130 heavy (non-hydrogen) atoms. The third-order valence-electron chi connectivity index (χ3n) is 32.6. The predicted octanol–water partition coefficient (Wildman–Crippen LogP) is 33.8. The lowest BCUT2D eigenvalue weighted by Gasteiger charge is -2.61. The lowest BCUT2D eigenvalue weighted by atomic mass is 9.43. The van der Waals surface area contributed by atoms with Gasteiger partial charge in [0.2, 0.25) is 0 Å². The van der Waals surface area contributed by atoms with Gasteiger partial charge >= 0.3 is 0 Å². The van der Waals surface area contributed by atoms with Crippen LogP contribution < -0.4 is 9.80 Å². The standard InChI is InChI=1S/C66H49NO.C59H47FN2/c1-2-10-46-37-50-38-55(28-21-47(50)36-45(46)9-1)67(53-24-17-43(18-25-53)48-22-29-60-59-14-6-8-16-64(59)68-65(60)40-48)54-26-19-44(20-27-54)56-11-3-4-12-57(56)49-23-30-63-61(39-49)58-13-5-7-15-62(58)66(63)51-32-41-31-42(34-51)35-52(66)33-41;1-37-18-22-47(36-56(37)60)61(45-25-27-46(28-26-45)62-57-16-8-5-13-51(57)52-14-6-9-17-58(52)62)44-23-19-40(20-24-44)48-10-2-3-11-49(48)41-21-29-55-53(35-41)50-12-4-7-15-54(50)59(55)42-31-38-30-39(33-42)34-43(59)32-38/h1-30,36-42,51-52H,31-35H2;2-29,35-36,38-39,42-43H,30-34H2,1H3. The minimum atomic E-state index is -0.217. The molecule has 5 heteroatoms. The number of halogens is 1. The van der Waals surface area contributed by atoms with E-state index in [9.17, 15) is 0 Å². The number of nitrogens with zero attached hydrogens (tertiary/aromatic N) is 3. The molecule has 8 bridgehead atoms. The van der Waals surface area contributed by atoms with Gasteiger partial charge in [0.15, 0.2) is 0 Å². The molecule has 10 aliphatic carbocycles. The molecule has 30 rings (SSSR count). The number of aromatic nitrogens is 1.